The van der Waals surface area contributed by atoms with E-state index in [9.17, 15) is 0 Å². The zero-order valence-corrected chi connectivity index (χ0v) is 10.2. The molecule has 0 aromatic carbocycles. The van der Waals surface area contributed by atoms with Gasteiger partial charge < -0.3 is 15.2 Å². The molecule has 2 N–H and O–H groups in total. The van der Waals surface area contributed by atoms with E-state index in [0.717, 1.165) is 24.6 Å². The Morgan fingerprint density at radius 2 is 2.38 bits per heavy atom. The van der Waals surface area contributed by atoms with Gasteiger partial charge in [0.2, 0.25) is 0 Å². The van der Waals surface area contributed by atoms with Crippen LogP contribution in [0.25, 0.3) is 0 Å². The van der Waals surface area contributed by atoms with Crippen LogP contribution in [0.1, 0.15) is 32.9 Å². The normalized spacial score (nSPS) is 13.6. The van der Waals surface area contributed by atoms with Gasteiger partial charge in [0.05, 0.1) is 6.54 Å². The highest BCUT2D eigenvalue weighted by Gasteiger charge is 2.02. The molecule has 0 fully saturated rings. The van der Waals surface area contributed by atoms with Gasteiger partial charge in [0, 0.05) is 18.7 Å². The number of nitrogens with zero attached hydrogens (tertiary/aromatic N) is 2. The van der Waals surface area contributed by atoms with Crippen LogP contribution in [0.2, 0.25) is 0 Å². The Kier molecular flexibility index (Phi) is 5.39. The molecular formula is C11H20N4O. The third kappa shape index (κ3) is 4.33. The average molecular weight is 224 g/mol. The molecule has 0 spiro atoms. The fourth-order valence-electron chi connectivity index (χ4n) is 1.13. The Labute approximate surface area is 96.3 Å². The van der Waals surface area contributed by atoms with Crippen LogP contribution in [0.3, 0.4) is 0 Å². The second kappa shape index (κ2) is 6.87. The second-order valence-electron chi connectivity index (χ2n) is 3.64. The predicted molar refractivity (Wildman–Crippen MR) is 64.2 cm³/mol. The molecular weight excluding hydrogens is 204 g/mol. The van der Waals surface area contributed by atoms with Crippen molar-refractivity contribution in [3.05, 3.63) is 18.0 Å². The lowest BCUT2D eigenvalue weighted by Crippen LogP contribution is -2.41. The van der Waals surface area contributed by atoms with Crippen molar-refractivity contribution in [1.29, 1.82) is 0 Å². The third-order valence-electron chi connectivity index (χ3n) is 2.23. The molecule has 0 aliphatic heterocycles. The summed E-state index contributed by atoms with van der Waals surface area (Å²) in [5, 5.41) is 10.3. The average Bonchev–Trinajstić information content (AvgIpc) is 2.79. The zero-order valence-electron chi connectivity index (χ0n) is 10.2. The molecule has 1 aromatic rings. The van der Waals surface area contributed by atoms with Gasteiger partial charge in [-0.1, -0.05) is 12.1 Å². The largest absolute Gasteiger partial charge is 0.364 e. The van der Waals surface area contributed by atoms with E-state index in [1.54, 1.807) is 6.26 Å². The van der Waals surface area contributed by atoms with Crippen molar-refractivity contribution in [2.75, 3.05) is 6.54 Å². The highest BCUT2D eigenvalue weighted by Crippen LogP contribution is 1.96. The standard InChI is InChI=1S/C11H20N4O/c1-4-9(3)14-11(12-5-2)13-8-10-6-7-16-15-10/h6-7,9H,4-5,8H2,1-3H3,(H2,12,13,14). The van der Waals surface area contributed by atoms with E-state index in [0.29, 0.717) is 12.6 Å². The Balaban J connectivity index is 2.51. The number of guanidine groups is 1. The first-order valence-electron chi connectivity index (χ1n) is 5.70. The zero-order chi connectivity index (χ0) is 11.8. The first-order chi connectivity index (χ1) is 7.76. The third-order valence-corrected chi connectivity index (χ3v) is 2.23. The van der Waals surface area contributed by atoms with E-state index in [1.165, 1.54) is 0 Å². The highest BCUT2D eigenvalue weighted by molar-refractivity contribution is 5.79. The van der Waals surface area contributed by atoms with Crippen molar-refractivity contribution in [1.82, 2.24) is 15.8 Å². The Bertz CT molecular complexity index is 308. The number of rotatable bonds is 5. The van der Waals surface area contributed by atoms with Gasteiger partial charge in [-0.15, -0.1) is 0 Å². The maximum absolute atomic E-state index is 4.75. The smallest absolute Gasteiger partial charge is 0.191 e. The molecule has 90 valence electrons. The molecule has 1 unspecified atom stereocenters. The van der Waals surface area contributed by atoms with Gasteiger partial charge in [0.25, 0.3) is 0 Å². The maximum Gasteiger partial charge on any atom is 0.191 e. The molecule has 0 aliphatic rings. The summed E-state index contributed by atoms with van der Waals surface area (Å²) < 4.78 is 4.75. The molecule has 1 aromatic heterocycles. The molecule has 5 heteroatoms. The van der Waals surface area contributed by atoms with E-state index in [2.05, 4.69) is 34.6 Å². The Morgan fingerprint density at radius 1 is 1.56 bits per heavy atom. The molecule has 0 radical (unpaired) electrons. The van der Waals surface area contributed by atoms with Gasteiger partial charge in [0.15, 0.2) is 5.96 Å². The first kappa shape index (κ1) is 12.5. The Hall–Kier alpha value is -1.52. The van der Waals surface area contributed by atoms with Gasteiger partial charge in [-0.25, -0.2) is 4.99 Å². The van der Waals surface area contributed by atoms with E-state index in [1.807, 2.05) is 13.0 Å². The van der Waals surface area contributed by atoms with Gasteiger partial charge >= 0.3 is 0 Å². The summed E-state index contributed by atoms with van der Waals surface area (Å²) in [4.78, 5) is 4.42. The monoisotopic (exact) mass is 224 g/mol. The molecule has 0 saturated carbocycles. The minimum atomic E-state index is 0.412. The van der Waals surface area contributed by atoms with Crippen molar-refractivity contribution in [3.63, 3.8) is 0 Å². The SMILES string of the molecule is CCNC(=NCc1ccon1)NC(C)CC. The van der Waals surface area contributed by atoms with Crippen LogP contribution in [-0.2, 0) is 6.54 Å². The highest BCUT2D eigenvalue weighted by atomic mass is 16.5. The molecule has 0 bridgehead atoms. The number of aliphatic imine (C=N–C) groups is 1. The summed E-state index contributed by atoms with van der Waals surface area (Å²) in [5.41, 5.74) is 0.835. The number of nitrogens with one attached hydrogen (secondary N) is 2. The lowest BCUT2D eigenvalue weighted by molar-refractivity contribution is 0.412. The van der Waals surface area contributed by atoms with Gasteiger partial charge in [-0.2, -0.15) is 0 Å². The molecule has 1 rings (SSSR count). The van der Waals surface area contributed by atoms with Crippen molar-refractivity contribution in [2.45, 2.75) is 39.8 Å². The fourth-order valence-corrected chi connectivity index (χ4v) is 1.13. The molecule has 1 atom stereocenters. The summed E-state index contributed by atoms with van der Waals surface area (Å²) in [6.07, 6.45) is 2.62. The number of hydrogen-bond acceptors (Lipinski definition) is 3. The van der Waals surface area contributed by atoms with E-state index in [-0.39, 0.29) is 0 Å². The minimum absolute atomic E-state index is 0.412. The van der Waals surface area contributed by atoms with Crippen LogP contribution in [-0.4, -0.2) is 23.7 Å². The number of hydrogen-bond donors (Lipinski definition) is 2. The summed E-state index contributed by atoms with van der Waals surface area (Å²) in [5.74, 6) is 0.819. The molecule has 1 heterocycles. The Morgan fingerprint density at radius 3 is 2.94 bits per heavy atom. The van der Waals surface area contributed by atoms with Crippen molar-refractivity contribution in [2.24, 2.45) is 4.99 Å². The molecule has 5 nitrogen and oxygen atoms in total. The first-order valence-corrected chi connectivity index (χ1v) is 5.70. The van der Waals surface area contributed by atoms with Crippen LogP contribution in [0.4, 0.5) is 0 Å². The van der Waals surface area contributed by atoms with Crippen molar-refractivity contribution < 1.29 is 4.52 Å². The topological polar surface area (TPSA) is 62.5 Å². The summed E-state index contributed by atoms with van der Waals surface area (Å²) >= 11 is 0. The predicted octanol–water partition coefficient (Wildman–Crippen LogP) is 1.53. The molecule has 0 amide bonds. The quantitative estimate of drug-likeness (QED) is 0.588. The summed E-state index contributed by atoms with van der Waals surface area (Å²) in [6.45, 7) is 7.69. The second-order valence-corrected chi connectivity index (χ2v) is 3.64. The van der Waals surface area contributed by atoms with Crippen molar-refractivity contribution in [3.8, 4) is 0 Å². The van der Waals surface area contributed by atoms with E-state index < -0.39 is 0 Å². The van der Waals surface area contributed by atoms with Crippen molar-refractivity contribution >= 4 is 5.96 Å². The minimum Gasteiger partial charge on any atom is -0.364 e. The van der Waals surface area contributed by atoms with Crippen LogP contribution >= 0.6 is 0 Å². The number of aromatic nitrogens is 1. The van der Waals surface area contributed by atoms with Gasteiger partial charge in [-0.05, 0) is 20.3 Å². The van der Waals surface area contributed by atoms with E-state index in [4.69, 9.17) is 4.52 Å². The fraction of sp³-hybridized carbons (Fsp3) is 0.636. The van der Waals surface area contributed by atoms with Gasteiger partial charge in [-0.3, -0.25) is 0 Å². The van der Waals surface area contributed by atoms with E-state index >= 15 is 0 Å². The summed E-state index contributed by atoms with van der Waals surface area (Å²) in [7, 11) is 0. The summed E-state index contributed by atoms with van der Waals surface area (Å²) in [6, 6.07) is 2.23. The molecule has 0 saturated heterocycles. The lowest BCUT2D eigenvalue weighted by atomic mass is 10.3. The van der Waals surface area contributed by atoms with Crippen LogP contribution < -0.4 is 10.6 Å². The van der Waals surface area contributed by atoms with Gasteiger partial charge in [0.1, 0.15) is 12.0 Å². The molecule has 16 heavy (non-hydrogen) atoms. The lowest BCUT2D eigenvalue weighted by Gasteiger charge is -2.15. The molecule has 0 aliphatic carbocycles. The van der Waals surface area contributed by atoms with Crippen LogP contribution in [0, 0.1) is 0 Å². The maximum atomic E-state index is 4.75. The van der Waals surface area contributed by atoms with Crippen LogP contribution in [0.5, 0.6) is 0 Å². The van der Waals surface area contributed by atoms with Crippen LogP contribution in [0.15, 0.2) is 21.8 Å².